The Morgan fingerprint density at radius 1 is 1.30 bits per heavy atom. The highest BCUT2D eigenvalue weighted by atomic mass is 16.5. The lowest BCUT2D eigenvalue weighted by Crippen LogP contribution is -2.28. The molecule has 0 bridgehead atoms. The molecule has 0 amide bonds. The van der Waals surface area contributed by atoms with Gasteiger partial charge in [0.05, 0.1) is 6.61 Å². The Morgan fingerprint density at radius 2 is 2.05 bits per heavy atom. The number of hydrogen-bond donors (Lipinski definition) is 2. The molecular formula is C13H26N6O. The molecule has 0 aromatic carbocycles. The molecule has 114 valence electrons. The number of nitrogens with one attached hydrogen (secondary N) is 1. The van der Waals surface area contributed by atoms with Crippen LogP contribution in [0.15, 0.2) is 0 Å². The average Bonchev–Trinajstić information content (AvgIpc) is 2.40. The first-order valence-corrected chi connectivity index (χ1v) is 7.11. The summed E-state index contributed by atoms with van der Waals surface area (Å²) in [6.45, 7) is 8.75. The molecule has 3 N–H and O–H groups in total. The lowest BCUT2D eigenvalue weighted by Gasteiger charge is -2.20. The number of nitrogens with two attached hydrogens (primary N) is 1. The summed E-state index contributed by atoms with van der Waals surface area (Å²) in [4.78, 5) is 14.4. The van der Waals surface area contributed by atoms with Crippen LogP contribution in [0.4, 0.5) is 11.9 Å². The van der Waals surface area contributed by atoms with Crippen LogP contribution in [0.25, 0.3) is 0 Å². The molecule has 0 aliphatic rings. The van der Waals surface area contributed by atoms with Crippen molar-refractivity contribution in [2.75, 3.05) is 37.8 Å². The van der Waals surface area contributed by atoms with E-state index in [0.29, 0.717) is 18.6 Å². The molecule has 0 radical (unpaired) electrons. The van der Waals surface area contributed by atoms with Crippen LogP contribution in [0, 0.1) is 0 Å². The molecular weight excluding hydrogens is 256 g/mol. The minimum absolute atomic E-state index is 0.174. The largest absolute Gasteiger partial charge is 0.463 e. The van der Waals surface area contributed by atoms with E-state index < -0.39 is 0 Å². The first-order chi connectivity index (χ1) is 9.52. The topological polar surface area (TPSA) is 89.2 Å². The SMILES string of the molecule is CCCOc1nc(N)nc(NCCCN(C)C(C)C)n1. The Morgan fingerprint density at radius 3 is 2.70 bits per heavy atom. The van der Waals surface area contributed by atoms with Crippen molar-refractivity contribution in [3.05, 3.63) is 0 Å². The fourth-order valence-electron chi connectivity index (χ4n) is 1.50. The summed E-state index contributed by atoms with van der Waals surface area (Å²) in [5, 5.41) is 3.15. The number of nitrogens with zero attached hydrogens (tertiary/aromatic N) is 4. The smallest absolute Gasteiger partial charge is 0.323 e. The quantitative estimate of drug-likeness (QED) is 0.661. The van der Waals surface area contributed by atoms with Crippen LogP contribution in [0.2, 0.25) is 0 Å². The summed E-state index contributed by atoms with van der Waals surface area (Å²) < 4.78 is 5.36. The van der Waals surface area contributed by atoms with Gasteiger partial charge in [0.15, 0.2) is 0 Å². The van der Waals surface area contributed by atoms with Crippen molar-refractivity contribution < 1.29 is 4.74 Å². The molecule has 1 aromatic heterocycles. The maximum atomic E-state index is 5.63. The third-order valence-corrected chi connectivity index (χ3v) is 2.92. The van der Waals surface area contributed by atoms with E-state index in [1.807, 2.05) is 6.92 Å². The van der Waals surface area contributed by atoms with Crippen molar-refractivity contribution >= 4 is 11.9 Å². The number of hydrogen-bond acceptors (Lipinski definition) is 7. The molecule has 1 heterocycles. The van der Waals surface area contributed by atoms with Crippen LogP contribution < -0.4 is 15.8 Å². The van der Waals surface area contributed by atoms with Crippen molar-refractivity contribution in [1.82, 2.24) is 19.9 Å². The van der Waals surface area contributed by atoms with Gasteiger partial charge in [-0.2, -0.15) is 15.0 Å². The fraction of sp³-hybridized carbons (Fsp3) is 0.769. The summed E-state index contributed by atoms with van der Waals surface area (Å²) in [6, 6.07) is 0.831. The summed E-state index contributed by atoms with van der Waals surface area (Å²) in [6.07, 6.45) is 1.90. The predicted molar refractivity (Wildman–Crippen MR) is 80.9 cm³/mol. The third kappa shape index (κ3) is 6.01. The van der Waals surface area contributed by atoms with Crippen molar-refractivity contribution in [3.63, 3.8) is 0 Å². The molecule has 0 aliphatic carbocycles. The zero-order valence-electron chi connectivity index (χ0n) is 12.9. The van der Waals surface area contributed by atoms with Gasteiger partial charge in [0, 0.05) is 12.6 Å². The second kappa shape index (κ2) is 8.52. The van der Waals surface area contributed by atoms with Gasteiger partial charge in [0.25, 0.3) is 0 Å². The molecule has 1 rings (SSSR count). The maximum Gasteiger partial charge on any atom is 0.323 e. The molecule has 7 nitrogen and oxygen atoms in total. The molecule has 20 heavy (non-hydrogen) atoms. The van der Waals surface area contributed by atoms with E-state index in [9.17, 15) is 0 Å². The van der Waals surface area contributed by atoms with E-state index in [0.717, 1.165) is 25.9 Å². The van der Waals surface area contributed by atoms with Crippen LogP contribution in [0.5, 0.6) is 6.01 Å². The summed E-state index contributed by atoms with van der Waals surface area (Å²) in [7, 11) is 2.11. The highest BCUT2D eigenvalue weighted by Crippen LogP contribution is 2.09. The molecule has 0 spiro atoms. The summed E-state index contributed by atoms with van der Waals surface area (Å²) >= 11 is 0. The van der Waals surface area contributed by atoms with Crippen molar-refractivity contribution in [1.29, 1.82) is 0 Å². The predicted octanol–water partition coefficient (Wildman–Crippen LogP) is 1.38. The molecule has 0 saturated carbocycles. The Hall–Kier alpha value is -1.63. The standard InChI is InChI=1S/C13H26N6O/c1-5-9-20-13-17-11(14)16-12(18-13)15-7-6-8-19(4)10(2)3/h10H,5-9H2,1-4H3,(H3,14,15,16,17,18). The van der Waals surface area contributed by atoms with Crippen molar-refractivity contribution in [3.8, 4) is 6.01 Å². The monoisotopic (exact) mass is 282 g/mol. The molecule has 7 heteroatoms. The number of ether oxygens (including phenoxy) is 1. The normalized spacial score (nSPS) is 11.1. The van der Waals surface area contributed by atoms with Gasteiger partial charge in [-0.05, 0) is 40.3 Å². The zero-order chi connectivity index (χ0) is 15.0. The van der Waals surface area contributed by atoms with Gasteiger partial charge in [-0.3, -0.25) is 0 Å². The molecule has 0 aliphatic heterocycles. The number of aromatic nitrogens is 3. The lowest BCUT2D eigenvalue weighted by atomic mass is 10.3. The van der Waals surface area contributed by atoms with Gasteiger partial charge in [-0.1, -0.05) is 6.92 Å². The van der Waals surface area contributed by atoms with Crippen LogP contribution in [0.1, 0.15) is 33.6 Å². The maximum absolute atomic E-state index is 5.63. The van der Waals surface area contributed by atoms with Gasteiger partial charge in [-0.25, -0.2) is 0 Å². The molecule has 1 aromatic rings. The van der Waals surface area contributed by atoms with Crippen LogP contribution in [-0.2, 0) is 0 Å². The minimum Gasteiger partial charge on any atom is -0.463 e. The van der Waals surface area contributed by atoms with E-state index in [1.54, 1.807) is 0 Å². The van der Waals surface area contributed by atoms with E-state index in [1.165, 1.54) is 0 Å². The van der Waals surface area contributed by atoms with E-state index in [2.05, 4.69) is 46.1 Å². The zero-order valence-corrected chi connectivity index (χ0v) is 12.9. The van der Waals surface area contributed by atoms with E-state index in [-0.39, 0.29) is 12.0 Å². The van der Waals surface area contributed by atoms with Crippen molar-refractivity contribution in [2.45, 2.75) is 39.7 Å². The van der Waals surface area contributed by atoms with Gasteiger partial charge in [0.1, 0.15) is 0 Å². The first kappa shape index (κ1) is 16.4. The van der Waals surface area contributed by atoms with Gasteiger partial charge < -0.3 is 20.7 Å². The van der Waals surface area contributed by atoms with E-state index >= 15 is 0 Å². The second-order valence-electron chi connectivity index (χ2n) is 5.00. The van der Waals surface area contributed by atoms with Gasteiger partial charge >= 0.3 is 6.01 Å². The lowest BCUT2D eigenvalue weighted by molar-refractivity contribution is 0.273. The molecule has 0 fully saturated rings. The fourth-order valence-corrected chi connectivity index (χ4v) is 1.50. The minimum atomic E-state index is 0.174. The number of anilines is 2. The highest BCUT2D eigenvalue weighted by Gasteiger charge is 2.06. The Bertz CT molecular complexity index is 398. The molecule has 0 unspecified atom stereocenters. The Kier molecular flexibility index (Phi) is 7.00. The summed E-state index contributed by atoms with van der Waals surface area (Å²) in [5.74, 6) is 0.642. The van der Waals surface area contributed by atoms with Gasteiger partial charge in [0.2, 0.25) is 11.9 Å². The highest BCUT2D eigenvalue weighted by molar-refractivity contribution is 5.32. The average molecular weight is 282 g/mol. The molecule has 0 atom stereocenters. The number of rotatable bonds is 9. The third-order valence-electron chi connectivity index (χ3n) is 2.92. The van der Waals surface area contributed by atoms with E-state index in [4.69, 9.17) is 10.5 Å². The summed E-state index contributed by atoms with van der Waals surface area (Å²) in [5.41, 5.74) is 5.63. The van der Waals surface area contributed by atoms with Crippen LogP contribution in [0.3, 0.4) is 0 Å². The van der Waals surface area contributed by atoms with Crippen LogP contribution in [-0.4, -0.2) is 52.6 Å². The first-order valence-electron chi connectivity index (χ1n) is 7.11. The number of nitrogen functional groups attached to an aromatic ring is 1. The Labute approximate surface area is 121 Å². The van der Waals surface area contributed by atoms with Crippen molar-refractivity contribution in [2.24, 2.45) is 0 Å². The second-order valence-corrected chi connectivity index (χ2v) is 5.00. The molecule has 0 saturated heterocycles. The van der Waals surface area contributed by atoms with Gasteiger partial charge in [-0.15, -0.1) is 0 Å². The Balaban J connectivity index is 2.41. The van der Waals surface area contributed by atoms with Crippen LogP contribution >= 0.6 is 0 Å².